The fourth-order valence-electron chi connectivity index (χ4n) is 2.48. The molecule has 1 saturated heterocycles. The number of benzene rings is 1. The van der Waals surface area contributed by atoms with Gasteiger partial charge >= 0.3 is 0 Å². The Morgan fingerprint density at radius 1 is 1.24 bits per heavy atom. The van der Waals surface area contributed by atoms with Crippen LogP contribution >= 0.6 is 11.8 Å². The van der Waals surface area contributed by atoms with Crippen LogP contribution in [0, 0.1) is 0 Å². The van der Waals surface area contributed by atoms with E-state index in [0.717, 1.165) is 42.4 Å². The van der Waals surface area contributed by atoms with E-state index in [1.807, 2.05) is 12.1 Å². The van der Waals surface area contributed by atoms with Crippen molar-refractivity contribution in [1.29, 1.82) is 0 Å². The van der Waals surface area contributed by atoms with Crippen molar-refractivity contribution >= 4 is 22.6 Å². The third-order valence-electron chi connectivity index (χ3n) is 3.76. The molecule has 1 heterocycles. The van der Waals surface area contributed by atoms with Crippen molar-refractivity contribution in [2.45, 2.75) is 30.3 Å². The van der Waals surface area contributed by atoms with Crippen LogP contribution in [0.25, 0.3) is 0 Å². The van der Waals surface area contributed by atoms with Crippen LogP contribution in [0.4, 0.5) is 0 Å². The van der Waals surface area contributed by atoms with Gasteiger partial charge in [-0.1, -0.05) is 0 Å². The summed E-state index contributed by atoms with van der Waals surface area (Å²) in [5, 5.41) is 3.58. The number of ether oxygens (including phenoxy) is 2. The van der Waals surface area contributed by atoms with Crippen molar-refractivity contribution in [3.63, 3.8) is 0 Å². The minimum Gasteiger partial charge on any atom is -0.493 e. The molecule has 118 valence electrons. The third kappa shape index (κ3) is 4.37. The van der Waals surface area contributed by atoms with E-state index in [1.165, 1.54) is 10.5 Å². The standard InChI is InChI=1S/C15H23NO3S2/c1-18-13-8-11(15(20-3)9-14(13)19-2)10-16-12-4-6-21(17)7-5-12/h8-9,12,16H,4-7,10H2,1-3H3. The summed E-state index contributed by atoms with van der Waals surface area (Å²) in [5.74, 6) is 3.16. The first kappa shape index (κ1) is 16.6. The quantitative estimate of drug-likeness (QED) is 0.812. The highest BCUT2D eigenvalue weighted by atomic mass is 32.2. The average molecular weight is 329 g/mol. The highest BCUT2D eigenvalue weighted by molar-refractivity contribution is 7.98. The van der Waals surface area contributed by atoms with Gasteiger partial charge in [-0.25, -0.2) is 0 Å². The highest BCUT2D eigenvalue weighted by Crippen LogP contribution is 2.34. The predicted molar refractivity (Wildman–Crippen MR) is 89.1 cm³/mol. The zero-order chi connectivity index (χ0) is 15.2. The summed E-state index contributed by atoms with van der Waals surface area (Å²) in [7, 11) is 2.71. The second-order valence-electron chi connectivity index (χ2n) is 5.02. The normalized spacial score (nSPS) is 22.0. The number of rotatable bonds is 6. The van der Waals surface area contributed by atoms with E-state index in [9.17, 15) is 4.21 Å². The Balaban J connectivity index is 2.06. The fraction of sp³-hybridized carbons (Fsp3) is 0.600. The molecular weight excluding hydrogens is 306 g/mol. The van der Waals surface area contributed by atoms with Crippen molar-refractivity contribution in [2.24, 2.45) is 0 Å². The number of nitrogens with one attached hydrogen (secondary N) is 1. The molecule has 2 rings (SSSR count). The maximum Gasteiger partial charge on any atom is 0.161 e. The molecule has 0 spiro atoms. The Morgan fingerprint density at radius 2 is 1.86 bits per heavy atom. The number of hydrogen-bond acceptors (Lipinski definition) is 5. The van der Waals surface area contributed by atoms with E-state index in [1.54, 1.807) is 26.0 Å². The first-order chi connectivity index (χ1) is 10.2. The summed E-state index contributed by atoms with van der Waals surface area (Å²) in [6, 6.07) is 4.53. The van der Waals surface area contributed by atoms with Gasteiger partial charge in [0, 0.05) is 39.8 Å². The van der Waals surface area contributed by atoms with Gasteiger partial charge in [0.15, 0.2) is 11.5 Å². The first-order valence-corrected chi connectivity index (χ1v) is 9.76. The molecule has 4 nitrogen and oxygen atoms in total. The minimum atomic E-state index is -0.605. The molecule has 0 bridgehead atoms. The van der Waals surface area contributed by atoms with Gasteiger partial charge < -0.3 is 14.8 Å². The summed E-state index contributed by atoms with van der Waals surface area (Å²) >= 11 is 1.71. The zero-order valence-electron chi connectivity index (χ0n) is 12.8. The van der Waals surface area contributed by atoms with Crippen molar-refractivity contribution in [3.8, 4) is 11.5 Å². The van der Waals surface area contributed by atoms with Crippen LogP contribution < -0.4 is 14.8 Å². The van der Waals surface area contributed by atoms with Crippen LogP contribution in [0.3, 0.4) is 0 Å². The molecular formula is C15H23NO3S2. The summed E-state index contributed by atoms with van der Waals surface area (Å²) in [4.78, 5) is 1.19. The zero-order valence-corrected chi connectivity index (χ0v) is 14.4. The molecule has 0 atom stereocenters. The number of hydrogen-bond donors (Lipinski definition) is 1. The van der Waals surface area contributed by atoms with Crippen LogP contribution in [-0.2, 0) is 17.3 Å². The fourth-order valence-corrected chi connectivity index (χ4v) is 4.40. The topological polar surface area (TPSA) is 47.6 Å². The Bertz CT molecular complexity index is 498. The van der Waals surface area contributed by atoms with Gasteiger partial charge in [0.2, 0.25) is 0 Å². The summed E-state index contributed by atoms with van der Waals surface area (Å²) in [6.45, 7) is 0.799. The van der Waals surface area contributed by atoms with E-state index in [4.69, 9.17) is 9.47 Å². The smallest absolute Gasteiger partial charge is 0.161 e. The summed E-state index contributed by atoms with van der Waals surface area (Å²) in [5.41, 5.74) is 1.21. The molecule has 1 aliphatic heterocycles. The average Bonchev–Trinajstić information content (AvgIpc) is 2.53. The lowest BCUT2D eigenvalue weighted by atomic mass is 10.1. The Kier molecular flexibility index (Phi) is 6.39. The van der Waals surface area contributed by atoms with E-state index >= 15 is 0 Å². The molecule has 0 aliphatic carbocycles. The second-order valence-corrected chi connectivity index (χ2v) is 7.57. The molecule has 0 aromatic heterocycles. The molecule has 0 radical (unpaired) electrons. The van der Waals surface area contributed by atoms with Crippen molar-refractivity contribution in [1.82, 2.24) is 5.32 Å². The van der Waals surface area contributed by atoms with Gasteiger partial charge in [0.25, 0.3) is 0 Å². The maximum absolute atomic E-state index is 11.4. The number of thioether (sulfide) groups is 1. The van der Waals surface area contributed by atoms with E-state index < -0.39 is 10.8 Å². The summed E-state index contributed by atoms with van der Waals surface area (Å²) < 4.78 is 22.1. The molecule has 1 aliphatic rings. The second kappa shape index (κ2) is 8.06. The lowest BCUT2D eigenvalue weighted by Gasteiger charge is -2.23. The lowest BCUT2D eigenvalue weighted by Crippen LogP contribution is -2.35. The van der Waals surface area contributed by atoms with Gasteiger partial charge in [-0.3, -0.25) is 4.21 Å². The first-order valence-electron chi connectivity index (χ1n) is 7.05. The van der Waals surface area contributed by atoms with Crippen LogP contribution in [-0.4, -0.2) is 42.2 Å². The van der Waals surface area contributed by atoms with Crippen LogP contribution in [0.1, 0.15) is 18.4 Å². The van der Waals surface area contributed by atoms with Crippen molar-refractivity contribution in [3.05, 3.63) is 17.7 Å². The highest BCUT2D eigenvalue weighted by Gasteiger charge is 2.18. The largest absolute Gasteiger partial charge is 0.493 e. The Morgan fingerprint density at radius 3 is 2.43 bits per heavy atom. The molecule has 1 fully saturated rings. The molecule has 0 unspecified atom stereocenters. The van der Waals surface area contributed by atoms with E-state index in [2.05, 4.69) is 11.6 Å². The molecule has 21 heavy (non-hydrogen) atoms. The number of methoxy groups -OCH3 is 2. The Labute approximate surface area is 133 Å². The van der Waals surface area contributed by atoms with Crippen LogP contribution in [0.15, 0.2) is 17.0 Å². The van der Waals surface area contributed by atoms with Gasteiger partial charge in [-0.15, -0.1) is 11.8 Å². The van der Waals surface area contributed by atoms with Gasteiger partial charge in [-0.05, 0) is 36.8 Å². The molecule has 0 saturated carbocycles. The molecule has 1 N–H and O–H groups in total. The van der Waals surface area contributed by atoms with Crippen LogP contribution in [0.5, 0.6) is 11.5 Å². The van der Waals surface area contributed by atoms with Gasteiger partial charge in [0.05, 0.1) is 14.2 Å². The third-order valence-corrected chi connectivity index (χ3v) is 5.96. The lowest BCUT2D eigenvalue weighted by molar-refractivity contribution is 0.353. The Hall–Kier alpha value is -0.720. The molecule has 1 aromatic carbocycles. The molecule has 0 amide bonds. The molecule has 1 aromatic rings. The van der Waals surface area contributed by atoms with Crippen molar-refractivity contribution in [2.75, 3.05) is 32.0 Å². The van der Waals surface area contributed by atoms with Crippen LogP contribution in [0.2, 0.25) is 0 Å². The van der Waals surface area contributed by atoms with Gasteiger partial charge in [0.1, 0.15) is 0 Å². The van der Waals surface area contributed by atoms with E-state index in [-0.39, 0.29) is 0 Å². The van der Waals surface area contributed by atoms with Gasteiger partial charge in [-0.2, -0.15) is 0 Å². The predicted octanol–water partition coefficient (Wildman–Crippen LogP) is 2.43. The van der Waals surface area contributed by atoms with Crippen molar-refractivity contribution < 1.29 is 13.7 Å². The molecule has 6 heteroatoms. The maximum atomic E-state index is 11.4. The summed E-state index contributed by atoms with van der Waals surface area (Å²) in [6.07, 6.45) is 4.05. The SMILES string of the molecule is COc1cc(CNC2CCS(=O)CC2)c(SC)cc1OC. The van der Waals surface area contributed by atoms with E-state index in [0.29, 0.717) is 6.04 Å². The minimum absolute atomic E-state index is 0.463. The monoisotopic (exact) mass is 329 g/mol.